The Morgan fingerprint density at radius 1 is 1.00 bits per heavy atom. The minimum Gasteiger partial charge on any atom is -0.449 e. The molecule has 0 saturated carbocycles. The topological polar surface area (TPSA) is 105 Å². The van der Waals surface area contributed by atoms with Gasteiger partial charge >= 0.3 is 6.09 Å². The number of unbranched alkanes of at least 4 members (excludes halogenated alkanes) is 2. The van der Waals surface area contributed by atoms with Gasteiger partial charge in [-0.05, 0) is 12.8 Å². The van der Waals surface area contributed by atoms with Gasteiger partial charge in [0.15, 0.2) is 5.82 Å². The first kappa shape index (κ1) is 27.4. The van der Waals surface area contributed by atoms with Crippen molar-refractivity contribution >= 4 is 29.5 Å². The Labute approximate surface area is 217 Å². The van der Waals surface area contributed by atoms with Gasteiger partial charge in [-0.25, -0.2) is 14.8 Å². The molecule has 10 heteroatoms. The minimum atomic E-state index is -0.700. The maximum atomic E-state index is 13.3. The summed E-state index contributed by atoms with van der Waals surface area (Å²) >= 11 is 6.18. The van der Waals surface area contributed by atoms with Crippen molar-refractivity contribution in [2.75, 3.05) is 32.8 Å². The van der Waals surface area contributed by atoms with Crippen LogP contribution in [0.3, 0.4) is 0 Å². The summed E-state index contributed by atoms with van der Waals surface area (Å²) in [4.78, 5) is 50.6. The SMILES string of the molecule is CCCCOC(=O)N1CCN(C(=O)C(CCCC)NC(=O)c2cc(Cl)nc(-c3ccccc3)n2)CC1. The fourth-order valence-electron chi connectivity index (χ4n) is 3.87. The Bertz CT molecular complexity index is 1030. The lowest BCUT2D eigenvalue weighted by molar-refractivity contribution is -0.135. The molecule has 1 fully saturated rings. The molecule has 3 amide bonds. The van der Waals surface area contributed by atoms with Gasteiger partial charge in [0, 0.05) is 37.8 Å². The second-order valence-electron chi connectivity index (χ2n) is 8.71. The molecule has 0 radical (unpaired) electrons. The van der Waals surface area contributed by atoms with E-state index in [0.29, 0.717) is 45.0 Å². The number of carbonyl (C=O) groups is 3. The highest BCUT2D eigenvalue weighted by atomic mass is 35.5. The van der Waals surface area contributed by atoms with Gasteiger partial charge in [-0.2, -0.15) is 0 Å². The number of halogens is 1. The van der Waals surface area contributed by atoms with E-state index < -0.39 is 11.9 Å². The number of benzene rings is 1. The molecule has 0 spiro atoms. The highest BCUT2D eigenvalue weighted by Crippen LogP contribution is 2.18. The second-order valence-corrected chi connectivity index (χ2v) is 9.10. The van der Waals surface area contributed by atoms with Crippen LogP contribution in [0.5, 0.6) is 0 Å². The smallest absolute Gasteiger partial charge is 0.409 e. The van der Waals surface area contributed by atoms with Gasteiger partial charge < -0.3 is 19.9 Å². The van der Waals surface area contributed by atoms with E-state index in [1.54, 1.807) is 9.80 Å². The molecule has 3 rings (SSSR count). The molecule has 9 nitrogen and oxygen atoms in total. The van der Waals surface area contributed by atoms with Crippen molar-refractivity contribution in [2.45, 2.75) is 52.0 Å². The predicted molar refractivity (Wildman–Crippen MR) is 138 cm³/mol. The summed E-state index contributed by atoms with van der Waals surface area (Å²) in [6.45, 7) is 6.03. The first-order chi connectivity index (χ1) is 17.4. The van der Waals surface area contributed by atoms with Crippen molar-refractivity contribution in [3.8, 4) is 11.4 Å². The Kier molecular flexibility index (Phi) is 10.5. The zero-order valence-corrected chi connectivity index (χ0v) is 21.7. The van der Waals surface area contributed by atoms with E-state index in [9.17, 15) is 14.4 Å². The molecule has 36 heavy (non-hydrogen) atoms. The first-order valence-corrected chi connectivity index (χ1v) is 12.9. The van der Waals surface area contributed by atoms with Crippen molar-refractivity contribution in [2.24, 2.45) is 0 Å². The second kappa shape index (κ2) is 13.8. The summed E-state index contributed by atoms with van der Waals surface area (Å²) < 4.78 is 5.27. The van der Waals surface area contributed by atoms with Crippen LogP contribution >= 0.6 is 11.6 Å². The molecule has 1 aromatic heterocycles. The van der Waals surface area contributed by atoms with Crippen LogP contribution in [0.2, 0.25) is 5.15 Å². The van der Waals surface area contributed by atoms with Crippen LogP contribution in [0.25, 0.3) is 11.4 Å². The van der Waals surface area contributed by atoms with E-state index in [2.05, 4.69) is 15.3 Å². The summed E-state index contributed by atoms with van der Waals surface area (Å²) in [7, 11) is 0. The number of hydrogen-bond donors (Lipinski definition) is 1. The first-order valence-electron chi connectivity index (χ1n) is 12.5. The Morgan fingerprint density at radius 2 is 1.67 bits per heavy atom. The van der Waals surface area contributed by atoms with Crippen LogP contribution in [0.15, 0.2) is 36.4 Å². The van der Waals surface area contributed by atoms with Gasteiger partial charge in [-0.15, -0.1) is 0 Å². The van der Waals surface area contributed by atoms with E-state index in [0.717, 1.165) is 31.2 Å². The van der Waals surface area contributed by atoms with Crippen molar-refractivity contribution in [3.05, 3.63) is 47.2 Å². The Hall–Kier alpha value is -3.20. The Balaban J connectivity index is 1.65. The molecular weight excluding hydrogens is 482 g/mol. The normalized spacial score (nSPS) is 14.3. The van der Waals surface area contributed by atoms with Crippen molar-refractivity contribution in [3.63, 3.8) is 0 Å². The average molecular weight is 516 g/mol. The van der Waals surface area contributed by atoms with Crippen molar-refractivity contribution < 1.29 is 19.1 Å². The third-order valence-corrected chi connectivity index (χ3v) is 6.18. The van der Waals surface area contributed by atoms with E-state index in [1.807, 2.05) is 44.2 Å². The van der Waals surface area contributed by atoms with Crippen molar-refractivity contribution in [1.82, 2.24) is 25.1 Å². The number of ether oxygens (including phenoxy) is 1. The van der Waals surface area contributed by atoms with E-state index in [1.165, 1.54) is 6.07 Å². The van der Waals surface area contributed by atoms with Gasteiger partial charge in [0.2, 0.25) is 5.91 Å². The molecule has 1 unspecified atom stereocenters. The molecule has 1 N–H and O–H groups in total. The highest BCUT2D eigenvalue weighted by molar-refractivity contribution is 6.29. The predicted octanol–water partition coefficient (Wildman–Crippen LogP) is 4.17. The van der Waals surface area contributed by atoms with Crippen molar-refractivity contribution in [1.29, 1.82) is 0 Å². The lowest BCUT2D eigenvalue weighted by Crippen LogP contribution is -2.56. The standard InChI is InChI=1S/C26H34ClN5O4/c1-3-5-12-20(25(34)31-13-15-32(16-14-31)26(35)36-17-6-4-2)29-24(33)21-18-22(27)30-23(28-21)19-10-8-7-9-11-19/h7-11,18,20H,3-6,12-17H2,1-2H3,(H,29,33). The lowest BCUT2D eigenvalue weighted by atomic mass is 10.1. The number of nitrogens with one attached hydrogen (secondary N) is 1. The molecule has 0 aliphatic carbocycles. The zero-order chi connectivity index (χ0) is 25.9. The third kappa shape index (κ3) is 7.65. The van der Waals surface area contributed by atoms with Gasteiger partial charge in [0.05, 0.1) is 6.61 Å². The largest absolute Gasteiger partial charge is 0.449 e. The molecule has 1 aliphatic heterocycles. The summed E-state index contributed by atoms with van der Waals surface area (Å²) in [5.74, 6) is -0.310. The molecule has 1 saturated heterocycles. The highest BCUT2D eigenvalue weighted by Gasteiger charge is 2.30. The monoisotopic (exact) mass is 515 g/mol. The molecule has 194 valence electrons. The number of aromatic nitrogens is 2. The molecule has 2 aromatic rings. The molecule has 0 bridgehead atoms. The maximum absolute atomic E-state index is 13.3. The molecule has 2 heterocycles. The van der Waals surface area contributed by atoms with Crippen LogP contribution in [0.1, 0.15) is 56.4 Å². The van der Waals surface area contributed by atoms with Crippen LogP contribution in [0, 0.1) is 0 Å². The summed E-state index contributed by atoms with van der Waals surface area (Å²) in [5, 5.41) is 3.00. The van der Waals surface area contributed by atoms with Crippen LogP contribution in [0.4, 0.5) is 4.79 Å². The van der Waals surface area contributed by atoms with Crippen LogP contribution < -0.4 is 5.32 Å². The molecule has 1 aliphatic rings. The van der Waals surface area contributed by atoms with Crippen LogP contribution in [-0.2, 0) is 9.53 Å². The zero-order valence-electron chi connectivity index (χ0n) is 20.9. The number of hydrogen-bond acceptors (Lipinski definition) is 6. The maximum Gasteiger partial charge on any atom is 0.409 e. The molecular formula is C26H34ClN5O4. The van der Waals surface area contributed by atoms with Crippen LogP contribution in [-0.4, -0.2) is 76.5 Å². The van der Waals surface area contributed by atoms with Gasteiger partial charge in [-0.3, -0.25) is 9.59 Å². The average Bonchev–Trinajstić information content (AvgIpc) is 2.90. The minimum absolute atomic E-state index is 0.0998. The fourth-order valence-corrected chi connectivity index (χ4v) is 4.06. The van der Waals surface area contributed by atoms with Gasteiger partial charge in [0.1, 0.15) is 16.9 Å². The summed E-state index contributed by atoms with van der Waals surface area (Å²) in [5.41, 5.74) is 0.835. The van der Waals surface area contributed by atoms with E-state index in [4.69, 9.17) is 16.3 Å². The number of nitrogens with zero attached hydrogens (tertiary/aromatic N) is 4. The summed E-state index contributed by atoms with van der Waals surface area (Å²) in [6.07, 6.45) is 3.60. The number of rotatable bonds is 10. The third-order valence-electron chi connectivity index (χ3n) is 5.98. The van der Waals surface area contributed by atoms with Gasteiger partial charge in [0.25, 0.3) is 5.91 Å². The fraction of sp³-hybridized carbons (Fsp3) is 0.500. The number of carbonyl (C=O) groups excluding carboxylic acids is 3. The van der Waals surface area contributed by atoms with E-state index >= 15 is 0 Å². The number of amides is 3. The summed E-state index contributed by atoms with van der Waals surface area (Å²) in [6, 6.07) is 9.94. The molecule has 1 aromatic carbocycles. The Morgan fingerprint density at radius 3 is 2.33 bits per heavy atom. The lowest BCUT2D eigenvalue weighted by Gasteiger charge is -2.36. The number of piperazine rings is 1. The van der Waals surface area contributed by atoms with Gasteiger partial charge in [-0.1, -0.05) is 75.0 Å². The van der Waals surface area contributed by atoms with E-state index in [-0.39, 0.29) is 22.8 Å². The molecule has 1 atom stereocenters. The quantitative estimate of drug-likeness (QED) is 0.376.